The lowest BCUT2D eigenvalue weighted by Gasteiger charge is -2.09. The zero-order valence-electron chi connectivity index (χ0n) is 16.7. The molecule has 0 unspecified atom stereocenters. The number of aryl methyl sites for hydroxylation is 1. The van der Waals surface area contributed by atoms with Gasteiger partial charge in [-0.2, -0.15) is 5.10 Å². The normalized spacial score (nSPS) is 11.2. The van der Waals surface area contributed by atoms with Crippen molar-refractivity contribution in [1.29, 1.82) is 0 Å². The number of carbonyl (C=O) groups is 2. The summed E-state index contributed by atoms with van der Waals surface area (Å²) in [5.41, 5.74) is 4.72. The summed E-state index contributed by atoms with van der Waals surface area (Å²) < 4.78 is 6.26. The van der Waals surface area contributed by atoms with E-state index in [-0.39, 0.29) is 18.9 Å². The highest BCUT2D eigenvalue weighted by molar-refractivity contribution is 9.10. The maximum Gasteiger partial charge on any atom is 0.277 e. The highest BCUT2D eigenvalue weighted by atomic mass is 79.9. The van der Waals surface area contributed by atoms with Crippen LogP contribution < -0.4 is 15.5 Å². The Morgan fingerprint density at radius 1 is 1.03 bits per heavy atom. The zero-order valence-corrected chi connectivity index (χ0v) is 18.3. The molecule has 6 nitrogen and oxygen atoms in total. The molecule has 2 N–H and O–H groups in total. The second-order valence-electron chi connectivity index (χ2n) is 6.86. The molecule has 2 amide bonds. The number of halogens is 1. The molecule has 0 aliphatic rings. The van der Waals surface area contributed by atoms with Crippen LogP contribution in [0.25, 0.3) is 10.8 Å². The van der Waals surface area contributed by atoms with E-state index in [1.54, 1.807) is 13.0 Å². The van der Waals surface area contributed by atoms with Crippen molar-refractivity contribution in [2.24, 2.45) is 5.10 Å². The summed E-state index contributed by atoms with van der Waals surface area (Å²) in [5, 5.41) is 8.90. The van der Waals surface area contributed by atoms with Crippen molar-refractivity contribution in [2.75, 3.05) is 11.9 Å². The van der Waals surface area contributed by atoms with Gasteiger partial charge in [-0.3, -0.25) is 9.59 Å². The predicted molar refractivity (Wildman–Crippen MR) is 123 cm³/mol. The Labute approximate surface area is 183 Å². The van der Waals surface area contributed by atoms with Crippen molar-refractivity contribution >= 4 is 49.9 Å². The van der Waals surface area contributed by atoms with Crippen LogP contribution in [0.15, 0.2) is 70.2 Å². The number of nitrogens with zero attached hydrogens (tertiary/aromatic N) is 1. The summed E-state index contributed by atoms with van der Waals surface area (Å²) in [6.45, 7) is 3.47. The number of hydrazone groups is 1. The number of ether oxygens (including phenoxy) is 1. The molecule has 0 aromatic heterocycles. The first-order chi connectivity index (χ1) is 14.4. The van der Waals surface area contributed by atoms with Crippen LogP contribution >= 0.6 is 15.9 Å². The van der Waals surface area contributed by atoms with Gasteiger partial charge in [0.15, 0.2) is 6.61 Å². The first-order valence-corrected chi connectivity index (χ1v) is 10.2. The van der Waals surface area contributed by atoms with Gasteiger partial charge in [-0.1, -0.05) is 42.5 Å². The molecule has 3 aromatic carbocycles. The molecule has 0 heterocycles. The molecule has 0 spiro atoms. The largest absolute Gasteiger partial charge is 0.483 e. The molecule has 3 aromatic rings. The smallest absolute Gasteiger partial charge is 0.277 e. The summed E-state index contributed by atoms with van der Waals surface area (Å²) in [4.78, 5) is 24.3. The topological polar surface area (TPSA) is 79.8 Å². The molecule has 0 aliphatic carbocycles. The van der Waals surface area contributed by atoms with Crippen LogP contribution in [0, 0.1) is 6.92 Å². The van der Waals surface area contributed by atoms with Gasteiger partial charge in [-0.25, -0.2) is 5.43 Å². The fourth-order valence-electron chi connectivity index (χ4n) is 2.86. The third-order valence-corrected chi connectivity index (χ3v) is 4.92. The number of rotatable bonds is 7. The van der Waals surface area contributed by atoms with Gasteiger partial charge in [-0.15, -0.1) is 0 Å². The maximum absolute atomic E-state index is 12.4. The fraction of sp³-hybridized carbons (Fsp3) is 0.174. The molecule has 0 saturated carbocycles. The van der Waals surface area contributed by atoms with E-state index in [0.717, 1.165) is 26.5 Å². The van der Waals surface area contributed by atoms with E-state index < -0.39 is 5.91 Å². The Kier molecular flexibility index (Phi) is 7.19. The zero-order chi connectivity index (χ0) is 21.5. The number of hydrogen-bond acceptors (Lipinski definition) is 4. The molecule has 0 bridgehead atoms. The molecule has 0 saturated heterocycles. The van der Waals surface area contributed by atoms with Crippen LogP contribution in [-0.4, -0.2) is 24.1 Å². The molecule has 0 radical (unpaired) electrons. The van der Waals surface area contributed by atoms with Gasteiger partial charge in [0.25, 0.3) is 5.91 Å². The number of hydrogen-bond donors (Lipinski definition) is 2. The van der Waals surface area contributed by atoms with Gasteiger partial charge in [0.05, 0.1) is 10.9 Å². The molecule has 3 rings (SSSR count). The minimum atomic E-state index is -0.406. The van der Waals surface area contributed by atoms with Crippen molar-refractivity contribution in [3.63, 3.8) is 0 Å². The summed E-state index contributed by atoms with van der Waals surface area (Å²) in [6.07, 6.45) is 0.0634. The van der Waals surface area contributed by atoms with Gasteiger partial charge in [-0.05, 0) is 58.9 Å². The third-order valence-electron chi connectivity index (χ3n) is 4.30. The highest BCUT2D eigenvalue weighted by Gasteiger charge is 2.09. The number of nitrogens with one attached hydrogen (secondary N) is 2. The van der Waals surface area contributed by atoms with Crippen molar-refractivity contribution in [2.45, 2.75) is 20.3 Å². The predicted octanol–water partition coefficient (Wildman–Crippen LogP) is 4.81. The lowest BCUT2D eigenvalue weighted by molar-refractivity contribution is -0.123. The Morgan fingerprint density at radius 2 is 1.80 bits per heavy atom. The summed E-state index contributed by atoms with van der Waals surface area (Å²) in [5.74, 6) is -0.0381. The van der Waals surface area contributed by atoms with Crippen LogP contribution in [0.3, 0.4) is 0 Å². The first kappa shape index (κ1) is 21.5. The monoisotopic (exact) mass is 467 g/mol. The van der Waals surface area contributed by atoms with Crippen molar-refractivity contribution in [3.8, 4) is 5.75 Å². The van der Waals surface area contributed by atoms with Crippen LogP contribution in [0.5, 0.6) is 5.75 Å². The fourth-order valence-corrected chi connectivity index (χ4v) is 3.46. The summed E-state index contributed by atoms with van der Waals surface area (Å²) in [6, 6.07) is 19.2. The SMILES string of the molecule is CC(CC(=O)Nc1cccc2ccccc12)=NNC(=O)COc1ccc(C)cc1Br. The van der Waals surface area contributed by atoms with Gasteiger partial charge in [0, 0.05) is 16.8 Å². The lowest BCUT2D eigenvalue weighted by atomic mass is 10.1. The number of carbonyl (C=O) groups excluding carboxylic acids is 2. The average molecular weight is 468 g/mol. The minimum Gasteiger partial charge on any atom is -0.483 e. The molecule has 7 heteroatoms. The first-order valence-electron chi connectivity index (χ1n) is 9.41. The summed E-state index contributed by atoms with van der Waals surface area (Å²) >= 11 is 3.40. The van der Waals surface area contributed by atoms with Crippen molar-refractivity contribution in [3.05, 3.63) is 70.7 Å². The number of anilines is 1. The number of benzene rings is 3. The van der Waals surface area contributed by atoms with Crippen molar-refractivity contribution < 1.29 is 14.3 Å². The van der Waals surface area contributed by atoms with E-state index >= 15 is 0 Å². The number of amides is 2. The van der Waals surface area contributed by atoms with Crippen LogP contribution in [0.1, 0.15) is 18.9 Å². The van der Waals surface area contributed by atoms with E-state index in [0.29, 0.717) is 11.5 Å². The highest BCUT2D eigenvalue weighted by Crippen LogP contribution is 2.25. The maximum atomic E-state index is 12.4. The molecule has 0 aliphatic heterocycles. The Morgan fingerprint density at radius 3 is 2.60 bits per heavy atom. The van der Waals surface area contributed by atoms with E-state index in [9.17, 15) is 9.59 Å². The second-order valence-corrected chi connectivity index (χ2v) is 7.71. The molecule has 154 valence electrons. The lowest BCUT2D eigenvalue weighted by Crippen LogP contribution is -2.26. The van der Waals surface area contributed by atoms with Gasteiger partial charge in [0.1, 0.15) is 5.75 Å². The third kappa shape index (κ3) is 5.90. The molecular formula is C23H22BrN3O3. The van der Waals surface area contributed by atoms with Crippen molar-refractivity contribution in [1.82, 2.24) is 5.43 Å². The van der Waals surface area contributed by atoms with Crippen LogP contribution in [0.4, 0.5) is 5.69 Å². The van der Waals surface area contributed by atoms with E-state index in [4.69, 9.17) is 4.74 Å². The molecule has 0 atom stereocenters. The minimum absolute atomic E-state index is 0.0634. The molecule has 30 heavy (non-hydrogen) atoms. The van der Waals surface area contributed by atoms with Gasteiger partial charge in [0.2, 0.25) is 5.91 Å². The van der Waals surface area contributed by atoms with E-state index in [2.05, 4.69) is 31.8 Å². The summed E-state index contributed by atoms with van der Waals surface area (Å²) in [7, 11) is 0. The quantitative estimate of drug-likeness (QED) is 0.386. The number of fused-ring (bicyclic) bond motifs is 1. The van der Waals surface area contributed by atoms with E-state index in [1.807, 2.05) is 61.5 Å². The van der Waals surface area contributed by atoms with E-state index in [1.165, 1.54) is 0 Å². The van der Waals surface area contributed by atoms with Gasteiger partial charge >= 0.3 is 0 Å². The standard InChI is InChI=1S/C23H22BrN3O3/c1-15-10-11-21(19(24)12-15)30-14-23(29)27-26-16(2)13-22(28)25-20-9-5-7-17-6-3-4-8-18(17)20/h3-12H,13-14H2,1-2H3,(H,25,28)(H,27,29). The van der Waals surface area contributed by atoms with Crippen LogP contribution in [0.2, 0.25) is 0 Å². The second kappa shape index (κ2) is 10.0. The van der Waals surface area contributed by atoms with Crippen LogP contribution in [-0.2, 0) is 9.59 Å². The Bertz CT molecular complexity index is 1110. The van der Waals surface area contributed by atoms with Gasteiger partial charge < -0.3 is 10.1 Å². The Hall–Kier alpha value is -3.19. The molecule has 0 fully saturated rings. The molecular weight excluding hydrogens is 446 g/mol. The Balaban J connectivity index is 1.50. The average Bonchev–Trinajstić information content (AvgIpc) is 2.72.